The van der Waals surface area contributed by atoms with Gasteiger partial charge in [0.05, 0.1) is 18.2 Å². The number of hydrogen-bond donors (Lipinski definition) is 2. The third-order valence-electron chi connectivity index (χ3n) is 3.92. The van der Waals surface area contributed by atoms with E-state index >= 15 is 0 Å². The van der Waals surface area contributed by atoms with Crippen molar-refractivity contribution in [3.8, 4) is 11.5 Å². The number of carbonyl (C=O) groups excluding carboxylic acids is 2. The van der Waals surface area contributed by atoms with Crippen molar-refractivity contribution in [1.29, 1.82) is 0 Å². The third kappa shape index (κ3) is 4.91. The minimum atomic E-state index is -0.348. The standard InChI is InChI=1S/C19H14IN5O4S/c20-13-4-2-1-3-12(13)18(27)22-19-25-24-17(30-19)8-16(26)23-21-9-11-5-6-14-15(7-11)29-10-28-14/h1-7,9H,8,10H2,(H,23,26)(H,22,25,27)/b21-9-. The summed E-state index contributed by atoms with van der Waals surface area (Å²) in [4.78, 5) is 24.4. The molecule has 0 atom stereocenters. The van der Waals surface area contributed by atoms with Gasteiger partial charge in [-0.2, -0.15) is 5.10 Å². The Kier molecular flexibility index (Phi) is 6.18. The highest BCUT2D eigenvalue weighted by atomic mass is 127. The summed E-state index contributed by atoms with van der Waals surface area (Å²) in [6.45, 7) is 0.196. The Morgan fingerprint density at radius 2 is 2.00 bits per heavy atom. The number of benzene rings is 2. The van der Waals surface area contributed by atoms with Crippen molar-refractivity contribution >= 4 is 57.1 Å². The van der Waals surface area contributed by atoms with E-state index in [9.17, 15) is 9.59 Å². The minimum absolute atomic E-state index is 0.00507. The van der Waals surface area contributed by atoms with Crippen LogP contribution in [0.1, 0.15) is 20.9 Å². The minimum Gasteiger partial charge on any atom is -0.454 e. The third-order valence-corrected chi connectivity index (χ3v) is 5.70. The van der Waals surface area contributed by atoms with E-state index in [2.05, 4.69) is 48.6 Å². The van der Waals surface area contributed by atoms with Gasteiger partial charge in [-0.3, -0.25) is 14.9 Å². The van der Waals surface area contributed by atoms with Crippen molar-refractivity contribution in [2.24, 2.45) is 5.10 Å². The second-order valence-corrected chi connectivity index (χ2v) is 8.24. The molecule has 2 amide bonds. The first kappa shape index (κ1) is 20.2. The number of aromatic nitrogens is 2. The number of hydrogen-bond acceptors (Lipinski definition) is 8. The fourth-order valence-electron chi connectivity index (χ4n) is 2.53. The molecule has 0 radical (unpaired) electrons. The average molecular weight is 535 g/mol. The maximum Gasteiger partial charge on any atom is 0.258 e. The molecule has 11 heteroatoms. The highest BCUT2D eigenvalue weighted by Gasteiger charge is 2.14. The van der Waals surface area contributed by atoms with E-state index < -0.39 is 0 Å². The lowest BCUT2D eigenvalue weighted by molar-refractivity contribution is -0.120. The van der Waals surface area contributed by atoms with Gasteiger partial charge < -0.3 is 9.47 Å². The summed E-state index contributed by atoms with van der Waals surface area (Å²) in [6, 6.07) is 12.6. The molecular formula is C19H14IN5O4S. The fourth-order valence-corrected chi connectivity index (χ4v) is 3.90. The number of hydrazone groups is 1. The van der Waals surface area contributed by atoms with Gasteiger partial charge in [0.2, 0.25) is 17.8 Å². The van der Waals surface area contributed by atoms with Crippen molar-refractivity contribution in [3.63, 3.8) is 0 Å². The lowest BCUT2D eigenvalue weighted by atomic mass is 10.2. The molecule has 3 aromatic rings. The first-order valence-corrected chi connectivity index (χ1v) is 10.6. The van der Waals surface area contributed by atoms with Gasteiger partial charge in [0, 0.05) is 3.57 Å². The van der Waals surface area contributed by atoms with Crippen LogP contribution in [0.5, 0.6) is 11.5 Å². The topological polar surface area (TPSA) is 115 Å². The van der Waals surface area contributed by atoms with Crippen LogP contribution in [0.4, 0.5) is 5.13 Å². The first-order chi connectivity index (χ1) is 14.6. The summed E-state index contributed by atoms with van der Waals surface area (Å²) in [5.74, 6) is 0.690. The monoisotopic (exact) mass is 535 g/mol. The highest BCUT2D eigenvalue weighted by molar-refractivity contribution is 14.1. The largest absolute Gasteiger partial charge is 0.454 e. The Balaban J connectivity index is 1.29. The van der Waals surface area contributed by atoms with Crippen molar-refractivity contribution in [2.75, 3.05) is 12.1 Å². The quantitative estimate of drug-likeness (QED) is 0.285. The van der Waals surface area contributed by atoms with Gasteiger partial charge in [-0.05, 0) is 58.5 Å². The van der Waals surface area contributed by atoms with E-state index in [1.165, 1.54) is 6.21 Å². The number of amides is 2. The molecule has 1 aliphatic rings. The molecule has 0 bridgehead atoms. The number of nitrogens with zero attached hydrogens (tertiary/aromatic N) is 3. The van der Waals surface area contributed by atoms with E-state index in [1.807, 2.05) is 12.1 Å². The number of anilines is 1. The molecule has 0 aliphatic carbocycles. The molecule has 9 nitrogen and oxygen atoms in total. The Morgan fingerprint density at radius 3 is 2.87 bits per heavy atom. The molecule has 152 valence electrons. The molecule has 2 heterocycles. The number of fused-ring (bicyclic) bond motifs is 1. The van der Waals surface area contributed by atoms with Crippen LogP contribution >= 0.6 is 33.9 Å². The molecule has 0 spiro atoms. The lowest BCUT2D eigenvalue weighted by Crippen LogP contribution is -2.19. The normalized spacial score (nSPS) is 12.2. The predicted octanol–water partition coefficient (Wildman–Crippen LogP) is 2.82. The summed E-state index contributed by atoms with van der Waals surface area (Å²) in [5, 5.41) is 15.3. The van der Waals surface area contributed by atoms with Crippen LogP contribution in [-0.4, -0.2) is 35.0 Å². The molecule has 1 aromatic heterocycles. The number of ether oxygens (including phenoxy) is 2. The molecular weight excluding hydrogens is 521 g/mol. The summed E-state index contributed by atoms with van der Waals surface area (Å²) < 4.78 is 11.4. The summed E-state index contributed by atoms with van der Waals surface area (Å²) in [7, 11) is 0. The zero-order chi connectivity index (χ0) is 20.9. The van der Waals surface area contributed by atoms with Crippen LogP contribution in [0.2, 0.25) is 0 Å². The van der Waals surface area contributed by atoms with Gasteiger partial charge >= 0.3 is 0 Å². The van der Waals surface area contributed by atoms with Crippen molar-refractivity contribution in [3.05, 3.63) is 62.2 Å². The molecule has 2 N–H and O–H groups in total. The van der Waals surface area contributed by atoms with Gasteiger partial charge in [0.1, 0.15) is 5.01 Å². The van der Waals surface area contributed by atoms with Crippen LogP contribution in [0.3, 0.4) is 0 Å². The second kappa shape index (κ2) is 9.17. The Hall–Kier alpha value is -3.06. The van der Waals surface area contributed by atoms with Gasteiger partial charge in [0.25, 0.3) is 5.91 Å². The molecule has 4 rings (SSSR count). The fraction of sp³-hybridized carbons (Fsp3) is 0.105. The zero-order valence-corrected chi connectivity index (χ0v) is 18.3. The predicted molar refractivity (Wildman–Crippen MR) is 119 cm³/mol. The molecule has 0 saturated carbocycles. The van der Waals surface area contributed by atoms with Gasteiger partial charge in [-0.15, -0.1) is 10.2 Å². The molecule has 0 unspecified atom stereocenters. The molecule has 0 fully saturated rings. The molecule has 30 heavy (non-hydrogen) atoms. The Bertz CT molecular complexity index is 1130. The Morgan fingerprint density at radius 1 is 1.17 bits per heavy atom. The summed E-state index contributed by atoms with van der Waals surface area (Å²) in [5.41, 5.74) is 3.75. The molecule has 0 saturated heterocycles. The van der Waals surface area contributed by atoms with Crippen molar-refractivity contribution < 1.29 is 19.1 Å². The molecule has 2 aromatic carbocycles. The lowest BCUT2D eigenvalue weighted by Gasteiger charge is -2.02. The van der Waals surface area contributed by atoms with Crippen LogP contribution in [0.15, 0.2) is 47.6 Å². The number of nitrogens with one attached hydrogen (secondary N) is 2. The second-order valence-electron chi connectivity index (χ2n) is 6.02. The smallest absolute Gasteiger partial charge is 0.258 e. The van der Waals surface area contributed by atoms with E-state index in [0.717, 1.165) is 20.5 Å². The van der Waals surface area contributed by atoms with Crippen LogP contribution in [-0.2, 0) is 11.2 Å². The van der Waals surface area contributed by atoms with Crippen molar-refractivity contribution in [2.45, 2.75) is 6.42 Å². The number of halogens is 1. The van der Waals surface area contributed by atoms with Crippen molar-refractivity contribution in [1.82, 2.24) is 15.6 Å². The SMILES string of the molecule is O=C(Cc1nnc(NC(=O)c2ccccc2I)s1)N/N=C\c1ccc2c(c1)OCO2. The number of carbonyl (C=O) groups is 2. The van der Waals surface area contributed by atoms with Gasteiger partial charge in [0.15, 0.2) is 11.5 Å². The maximum absolute atomic E-state index is 12.3. The van der Waals surface area contributed by atoms with Gasteiger partial charge in [-0.25, -0.2) is 5.43 Å². The van der Waals surface area contributed by atoms with E-state index in [-0.39, 0.29) is 25.0 Å². The van der Waals surface area contributed by atoms with Crippen LogP contribution < -0.4 is 20.2 Å². The Labute approximate surface area is 188 Å². The van der Waals surface area contributed by atoms with E-state index in [4.69, 9.17) is 9.47 Å². The molecule has 1 aliphatic heterocycles. The first-order valence-electron chi connectivity index (χ1n) is 8.68. The zero-order valence-electron chi connectivity index (χ0n) is 15.3. The maximum atomic E-state index is 12.3. The van der Waals surface area contributed by atoms with Crippen LogP contribution in [0.25, 0.3) is 0 Å². The number of rotatable bonds is 6. The summed E-state index contributed by atoms with van der Waals surface area (Å²) in [6.07, 6.45) is 1.50. The van der Waals surface area contributed by atoms with Gasteiger partial charge in [-0.1, -0.05) is 23.5 Å². The van der Waals surface area contributed by atoms with E-state index in [1.54, 1.807) is 30.3 Å². The summed E-state index contributed by atoms with van der Waals surface area (Å²) >= 11 is 3.23. The van der Waals surface area contributed by atoms with E-state index in [0.29, 0.717) is 27.2 Å². The average Bonchev–Trinajstić information content (AvgIpc) is 3.37. The van der Waals surface area contributed by atoms with Crippen LogP contribution in [0, 0.1) is 3.57 Å². The highest BCUT2D eigenvalue weighted by Crippen LogP contribution is 2.31.